The first-order chi connectivity index (χ1) is 13.5. The van der Waals surface area contributed by atoms with Gasteiger partial charge in [0.15, 0.2) is 16.9 Å². The summed E-state index contributed by atoms with van der Waals surface area (Å²) in [6.07, 6.45) is 0.610. The number of aryl methyl sites for hydroxylation is 1. The second kappa shape index (κ2) is 6.11. The Hall–Kier alpha value is -2.78. The zero-order valence-electron chi connectivity index (χ0n) is 15.1. The molecule has 1 aliphatic heterocycles. The predicted octanol–water partition coefficient (Wildman–Crippen LogP) is 3.08. The molecule has 0 saturated heterocycles. The highest BCUT2D eigenvalue weighted by atomic mass is 32.2. The zero-order chi connectivity index (χ0) is 19.5. The van der Waals surface area contributed by atoms with E-state index in [1.165, 1.54) is 16.1 Å². The van der Waals surface area contributed by atoms with Crippen molar-refractivity contribution in [1.29, 1.82) is 0 Å². The summed E-state index contributed by atoms with van der Waals surface area (Å²) in [7, 11) is -3.89. The molecule has 0 radical (unpaired) electrons. The smallest absolute Gasteiger partial charge is 0.245 e. The van der Waals surface area contributed by atoms with E-state index in [0.29, 0.717) is 13.0 Å². The summed E-state index contributed by atoms with van der Waals surface area (Å²) < 4.78 is 48.7. The number of hydrogen-bond acceptors (Lipinski definition) is 5. The predicted molar refractivity (Wildman–Crippen MR) is 101 cm³/mol. The highest BCUT2D eigenvalue weighted by Gasteiger charge is 2.33. The Bertz CT molecular complexity index is 1330. The molecule has 4 aromatic rings. The number of halogens is 1. The molecule has 9 heteroatoms. The van der Waals surface area contributed by atoms with Gasteiger partial charge >= 0.3 is 0 Å². The van der Waals surface area contributed by atoms with E-state index in [1.807, 2.05) is 18.2 Å². The Labute approximate surface area is 160 Å². The highest BCUT2D eigenvalue weighted by molar-refractivity contribution is 7.89. The molecule has 0 atom stereocenters. The Morgan fingerprint density at radius 1 is 1.14 bits per heavy atom. The van der Waals surface area contributed by atoms with Crippen molar-refractivity contribution in [3.8, 4) is 0 Å². The van der Waals surface area contributed by atoms with Crippen LogP contribution >= 0.6 is 0 Å². The van der Waals surface area contributed by atoms with Crippen LogP contribution in [0, 0.1) is 5.82 Å². The lowest BCUT2D eigenvalue weighted by Gasteiger charge is -2.27. The molecule has 5 rings (SSSR count). The van der Waals surface area contributed by atoms with Gasteiger partial charge in [-0.05, 0) is 41.0 Å². The Kier molecular flexibility index (Phi) is 3.78. The van der Waals surface area contributed by atoms with Gasteiger partial charge in [-0.25, -0.2) is 17.4 Å². The first-order valence-electron chi connectivity index (χ1n) is 9.02. The fraction of sp³-hybridized carbons (Fsp3) is 0.263. The summed E-state index contributed by atoms with van der Waals surface area (Å²) in [5.74, 6) is -0.665. The summed E-state index contributed by atoms with van der Waals surface area (Å²) in [5, 5.41) is 8.16. The van der Waals surface area contributed by atoms with Gasteiger partial charge in [-0.15, -0.1) is 0 Å². The molecular weight excluding hydrogens is 383 g/mol. The molecular formula is C19H17FN4O3S. The lowest BCUT2D eigenvalue weighted by molar-refractivity contribution is 0.314. The van der Waals surface area contributed by atoms with Gasteiger partial charge in [0.05, 0.1) is 0 Å². The fourth-order valence-electron chi connectivity index (χ4n) is 4.10. The van der Waals surface area contributed by atoms with Crippen LogP contribution in [0.2, 0.25) is 0 Å². The van der Waals surface area contributed by atoms with E-state index >= 15 is 0 Å². The number of nitrogens with zero attached hydrogens (tertiary/aromatic N) is 4. The van der Waals surface area contributed by atoms with Crippen molar-refractivity contribution < 1.29 is 17.4 Å². The molecule has 1 aliphatic rings. The number of sulfonamides is 1. The van der Waals surface area contributed by atoms with Crippen molar-refractivity contribution in [2.75, 3.05) is 6.54 Å². The van der Waals surface area contributed by atoms with Crippen molar-refractivity contribution in [2.24, 2.45) is 0 Å². The van der Waals surface area contributed by atoms with E-state index in [9.17, 15) is 12.8 Å². The van der Waals surface area contributed by atoms with E-state index in [4.69, 9.17) is 0 Å². The Morgan fingerprint density at radius 2 is 1.93 bits per heavy atom. The van der Waals surface area contributed by atoms with Crippen LogP contribution in [0.3, 0.4) is 0 Å². The maximum atomic E-state index is 13.9. The monoisotopic (exact) mass is 400 g/mol. The van der Waals surface area contributed by atoms with Gasteiger partial charge in [-0.2, -0.15) is 4.31 Å². The summed E-state index contributed by atoms with van der Waals surface area (Å²) >= 11 is 0. The van der Waals surface area contributed by atoms with E-state index < -0.39 is 15.8 Å². The minimum atomic E-state index is -3.89. The van der Waals surface area contributed by atoms with Crippen LogP contribution in [-0.4, -0.2) is 34.1 Å². The standard InChI is InChI=1S/C19H17FN4O3S/c1-2-24-15-6-4-3-5-12(15)13-11-23(10-9-16(13)24)28(25,26)17-8-7-14(20)18-19(17)22-27-21-18/h3-8H,2,9-11H2,1H3. The van der Waals surface area contributed by atoms with Crippen LogP contribution < -0.4 is 0 Å². The van der Waals surface area contributed by atoms with Crippen molar-refractivity contribution in [3.63, 3.8) is 0 Å². The molecule has 2 aromatic carbocycles. The third-order valence-corrected chi connectivity index (χ3v) is 7.27. The summed E-state index contributed by atoms with van der Waals surface area (Å²) in [6.45, 7) is 3.51. The average molecular weight is 400 g/mol. The molecule has 0 aliphatic carbocycles. The second-order valence-electron chi connectivity index (χ2n) is 6.78. The fourth-order valence-corrected chi connectivity index (χ4v) is 5.63. The van der Waals surface area contributed by atoms with E-state index in [2.05, 4.69) is 32.5 Å². The number of benzene rings is 2. The van der Waals surface area contributed by atoms with Gasteiger partial charge in [-0.1, -0.05) is 18.2 Å². The van der Waals surface area contributed by atoms with Crippen molar-refractivity contribution in [2.45, 2.75) is 31.3 Å². The van der Waals surface area contributed by atoms with Crippen molar-refractivity contribution >= 4 is 32.0 Å². The molecule has 28 heavy (non-hydrogen) atoms. The molecule has 2 aromatic heterocycles. The maximum Gasteiger partial charge on any atom is 0.245 e. The number of fused-ring (bicyclic) bond motifs is 4. The van der Waals surface area contributed by atoms with Gasteiger partial charge in [0.2, 0.25) is 10.0 Å². The van der Waals surface area contributed by atoms with Crippen LogP contribution in [0.5, 0.6) is 0 Å². The zero-order valence-corrected chi connectivity index (χ0v) is 15.9. The largest absolute Gasteiger partial charge is 0.344 e. The summed E-state index contributed by atoms with van der Waals surface area (Å²) in [6, 6.07) is 10.3. The number of para-hydroxylation sites is 1. The van der Waals surface area contributed by atoms with Crippen LogP contribution in [0.4, 0.5) is 4.39 Å². The molecule has 3 heterocycles. The number of aromatic nitrogens is 3. The molecule has 0 N–H and O–H groups in total. The van der Waals surface area contributed by atoms with Gasteiger partial charge < -0.3 is 4.57 Å². The van der Waals surface area contributed by atoms with Gasteiger partial charge in [0.1, 0.15) is 4.90 Å². The second-order valence-corrected chi connectivity index (χ2v) is 8.69. The van der Waals surface area contributed by atoms with Crippen LogP contribution in [0.25, 0.3) is 21.9 Å². The Balaban J connectivity index is 1.63. The first kappa shape index (κ1) is 17.3. The minimum absolute atomic E-state index is 0.0817. The molecule has 0 amide bonds. The quantitative estimate of drug-likeness (QED) is 0.528. The third-order valence-electron chi connectivity index (χ3n) is 5.39. The van der Waals surface area contributed by atoms with E-state index in [1.54, 1.807) is 0 Å². The average Bonchev–Trinajstić information content (AvgIpc) is 3.31. The lowest BCUT2D eigenvalue weighted by atomic mass is 10.1. The number of rotatable bonds is 3. The topological polar surface area (TPSA) is 81.2 Å². The van der Waals surface area contributed by atoms with Crippen molar-refractivity contribution in [3.05, 3.63) is 53.5 Å². The van der Waals surface area contributed by atoms with Crippen LogP contribution in [-0.2, 0) is 29.5 Å². The molecule has 0 saturated carbocycles. The molecule has 0 spiro atoms. The van der Waals surface area contributed by atoms with E-state index in [-0.39, 0.29) is 22.5 Å². The number of hydrogen-bond donors (Lipinski definition) is 0. The molecule has 144 valence electrons. The minimum Gasteiger partial charge on any atom is -0.344 e. The first-order valence-corrected chi connectivity index (χ1v) is 10.5. The summed E-state index contributed by atoms with van der Waals surface area (Å²) in [5.41, 5.74) is 3.04. The molecule has 0 fully saturated rings. The third kappa shape index (κ3) is 2.33. The van der Waals surface area contributed by atoms with Gasteiger partial charge in [0, 0.05) is 42.7 Å². The molecule has 0 unspecified atom stereocenters. The SMILES string of the molecule is CCn1c2c(c3ccccc31)CN(S(=O)(=O)c1ccc(F)c3nonc13)CC2. The summed E-state index contributed by atoms with van der Waals surface area (Å²) in [4.78, 5) is -0.0900. The van der Waals surface area contributed by atoms with Crippen molar-refractivity contribution in [1.82, 2.24) is 19.2 Å². The Morgan fingerprint density at radius 3 is 2.75 bits per heavy atom. The van der Waals surface area contributed by atoms with Gasteiger partial charge in [-0.3, -0.25) is 0 Å². The maximum absolute atomic E-state index is 13.9. The highest BCUT2D eigenvalue weighted by Crippen LogP contribution is 2.34. The van der Waals surface area contributed by atoms with Gasteiger partial charge in [0.25, 0.3) is 0 Å². The normalized spacial score (nSPS) is 15.4. The molecule has 0 bridgehead atoms. The van der Waals surface area contributed by atoms with E-state index in [0.717, 1.165) is 29.1 Å². The van der Waals surface area contributed by atoms with Crippen LogP contribution in [0.1, 0.15) is 18.2 Å². The lowest BCUT2D eigenvalue weighted by Crippen LogP contribution is -2.36. The van der Waals surface area contributed by atoms with Crippen LogP contribution in [0.15, 0.2) is 45.9 Å². The molecule has 7 nitrogen and oxygen atoms in total.